The summed E-state index contributed by atoms with van der Waals surface area (Å²) in [6.45, 7) is 7.23. The monoisotopic (exact) mass is 358 g/mol. The Labute approximate surface area is 156 Å². The minimum absolute atomic E-state index is 0. The number of nitrogens with zero attached hydrogens (tertiary/aromatic N) is 1. The average molecular weight is 359 g/mol. The van der Waals surface area contributed by atoms with E-state index in [1.807, 2.05) is 35.2 Å². The van der Waals surface area contributed by atoms with Crippen molar-refractivity contribution < 1.29 is 22.5 Å². The Morgan fingerprint density at radius 2 is 1.68 bits per heavy atom. The summed E-state index contributed by atoms with van der Waals surface area (Å²) >= 11 is 0. The minimum atomic E-state index is -0.535. The molecule has 1 atom stereocenters. The molecule has 0 aromatic heterocycles. The highest BCUT2D eigenvalue weighted by Gasteiger charge is 2.50. The van der Waals surface area contributed by atoms with Crippen LogP contribution in [0.4, 0.5) is 5.69 Å². The highest BCUT2D eigenvalue weighted by atomic mass is 35.5. The Kier molecular flexibility index (Phi) is 6.63. The maximum atomic E-state index is 13.5. The molecule has 3 rings (SSSR count). The second-order valence-corrected chi connectivity index (χ2v) is 6.44. The van der Waals surface area contributed by atoms with Crippen LogP contribution in [0.2, 0.25) is 0 Å². The molecule has 0 spiro atoms. The van der Waals surface area contributed by atoms with Gasteiger partial charge < -0.3 is 22.6 Å². The summed E-state index contributed by atoms with van der Waals surface area (Å²) in [4.78, 5) is 15.5. The van der Waals surface area contributed by atoms with Gasteiger partial charge in [0.25, 0.3) is 0 Å². The van der Waals surface area contributed by atoms with E-state index in [4.69, 9.17) is 0 Å². The number of carbonyl (C=O) groups excluding carboxylic acids is 1. The third-order valence-electron chi connectivity index (χ3n) is 5.14. The van der Waals surface area contributed by atoms with E-state index in [1.165, 1.54) is 0 Å². The summed E-state index contributed by atoms with van der Waals surface area (Å²) in [5.41, 5.74) is 2.81. The van der Waals surface area contributed by atoms with Crippen LogP contribution in [0, 0.1) is 0 Å². The summed E-state index contributed by atoms with van der Waals surface area (Å²) in [6.07, 6.45) is 1.80. The summed E-state index contributed by atoms with van der Waals surface area (Å²) in [6, 6.07) is 18.6. The molecule has 0 saturated carbocycles. The first kappa shape index (κ1) is 19.5. The highest BCUT2D eigenvalue weighted by Crippen LogP contribution is 2.48. The van der Waals surface area contributed by atoms with Crippen LogP contribution >= 0.6 is 0 Å². The zero-order valence-corrected chi connectivity index (χ0v) is 15.8. The molecule has 0 aliphatic carbocycles. The number of amides is 1. The lowest BCUT2D eigenvalue weighted by molar-refractivity contribution is -0.651. The van der Waals surface area contributed by atoms with Gasteiger partial charge in [-0.1, -0.05) is 55.5 Å². The van der Waals surface area contributed by atoms with Crippen molar-refractivity contribution in [3.05, 3.63) is 65.7 Å². The number of anilines is 1. The quantitative estimate of drug-likeness (QED) is 0.678. The van der Waals surface area contributed by atoms with E-state index >= 15 is 0 Å². The van der Waals surface area contributed by atoms with Crippen LogP contribution in [0.15, 0.2) is 54.6 Å². The van der Waals surface area contributed by atoms with Crippen molar-refractivity contribution in [1.29, 1.82) is 0 Å². The van der Waals surface area contributed by atoms with Crippen molar-refractivity contribution in [2.75, 3.05) is 24.5 Å². The number of carbonyl (C=O) groups is 1. The first-order valence-corrected chi connectivity index (χ1v) is 9.04. The van der Waals surface area contributed by atoms with Crippen LogP contribution in [-0.2, 0) is 10.2 Å². The summed E-state index contributed by atoms with van der Waals surface area (Å²) in [7, 11) is 0. The van der Waals surface area contributed by atoms with Crippen molar-refractivity contribution in [3.8, 4) is 0 Å². The van der Waals surface area contributed by atoms with E-state index in [0.29, 0.717) is 0 Å². The number of hydrogen-bond acceptors (Lipinski definition) is 1. The normalized spacial score (nSPS) is 18.8. The largest absolute Gasteiger partial charge is 1.00 e. The third-order valence-corrected chi connectivity index (χ3v) is 5.14. The topological polar surface area (TPSA) is 36.9 Å². The van der Waals surface area contributed by atoms with Crippen molar-refractivity contribution in [2.45, 2.75) is 32.1 Å². The van der Waals surface area contributed by atoms with Crippen molar-refractivity contribution in [2.24, 2.45) is 0 Å². The molecule has 3 nitrogen and oxygen atoms in total. The minimum Gasteiger partial charge on any atom is -1.00 e. The fourth-order valence-electron chi connectivity index (χ4n) is 3.89. The zero-order chi connectivity index (χ0) is 17.0. The van der Waals surface area contributed by atoms with E-state index in [2.05, 4.69) is 43.4 Å². The average Bonchev–Trinajstić information content (AvgIpc) is 2.88. The Bertz CT molecular complexity index is 704. The molecule has 1 unspecified atom stereocenters. The Morgan fingerprint density at radius 3 is 2.36 bits per heavy atom. The standard InChI is InChI=1S/C21H26N2O.ClH/c1-3-21(17-11-6-5-7-12-17)18-13-8-9-14-19(18)23(20(21)24)16-10-15-22-4-2;/h5-9,11-14,22H,3-4,10,15-16H2,1-2H3;1H. The summed E-state index contributed by atoms with van der Waals surface area (Å²) < 4.78 is 0. The number of halogens is 1. The van der Waals surface area contributed by atoms with Gasteiger partial charge >= 0.3 is 0 Å². The van der Waals surface area contributed by atoms with E-state index in [0.717, 1.165) is 49.3 Å². The first-order chi connectivity index (χ1) is 11.8. The van der Waals surface area contributed by atoms with E-state index in [-0.39, 0.29) is 18.3 Å². The molecule has 4 heteroatoms. The number of hydrogen-bond donors (Lipinski definition) is 1. The molecular formula is C21H27ClN2O. The molecule has 1 aliphatic rings. The van der Waals surface area contributed by atoms with Gasteiger partial charge in [-0.05, 0) is 30.5 Å². The smallest absolute Gasteiger partial charge is 0.242 e. The summed E-state index contributed by atoms with van der Waals surface area (Å²) in [5, 5.41) is 2.29. The van der Waals surface area contributed by atoms with Gasteiger partial charge in [-0.3, -0.25) is 4.79 Å². The number of nitrogens with two attached hydrogens (primary N) is 1. The fraction of sp³-hybridized carbons (Fsp3) is 0.381. The lowest BCUT2D eigenvalue weighted by atomic mass is 9.73. The number of quaternary nitrogens is 1. The highest BCUT2D eigenvalue weighted by molar-refractivity contribution is 6.10. The molecule has 1 amide bonds. The van der Waals surface area contributed by atoms with Crippen molar-refractivity contribution in [3.63, 3.8) is 0 Å². The second kappa shape index (κ2) is 8.50. The molecule has 0 fully saturated rings. The van der Waals surface area contributed by atoms with Crippen LogP contribution < -0.4 is 22.6 Å². The summed E-state index contributed by atoms with van der Waals surface area (Å²) in [5.74, 6) is 0.230. The van der Waals surface area contributed by atoms with Gasteiger partial charge in [0.2, 0.25) is 5.91 Å². The van der Waals surface area contributed by atoms with Gasteiger partial charge in [-0.15, -0.1) is 0 Å². The molecule has 2 aromatic rings. The zero-order valence-electron chi connectivity index (χ0n) is 15.0. The lowest BCUT2D eigenvalue weighted by Gasteiger charge is -2.28. The predicted molar refractivity (Wildman–Crippen MR) is 98.3 cm³/mol. The van der Waals surface area contributed by atoms with Gasteiger partial charge in [0.15, 0.2) is 0 Å². The van der Waals surface area contributed by atoms with Crippen LogP contribution in [-0.4, -0.2) is 25.5 Å². The Hall–Kier alpha value is -1.84. The maximum Gasteiger partial charge on any atom is 0.242 e. The van der Waals surface area contributed by atoms with E-state index < -0.39 is 5.41 Å². The Balaban J connectivity index is 0.00000225. The molecule has 1 heterocycles. The molecule has 2 aromatic carbocycles. The van der Waals surface area contributed by atoms with Crippen LogP contribution in [0.1, 0.15) is 37.8 Å². The predicted octanol–water partition coefficient (Wildman–Crippen LogP) is -0.293. The number of rotatable bonds is 7. The van der Waals surface area contributed by atoms with Gasteiger partial charge in [0.1, 0.15) is 5.41 Å². The lowest BCUT2D eigenvalue weighted by Crippen LogP contribution is -3.00. The van der Waals surface area contributed by atoms with E-state index in [9.17, 15) is 4.79 Å². The number of para-hydroxylation sites is 1. The molecule has 25 heavy (non-hydrogen) atoms. The SMILES string of the molecule is CC[NH2+]CCCN1C(=O)C(CC)(c2ccccc2)c2ccccc21.[Cl-]. The molecular weight excluding hydrogens is 332 g/mol. The molecule has 1 aliphatic heterocycles. The van der Waals surface area contributed by atoms with Crippen LogP contribution in [0.3, 0.4) is 0 Å². The molecule has 0 bridgehead atoms. The van der Waals surface area contributed by atoms with E-state index in [1.54, 1.807) is 0 Å². The van der Waals surface area contributed by atoms with Crippen molar-refractivity contribution >= 4 is 11.6 Å². The van der Waals surface area contributed by atoms with Gasteiger partial charge in [-0.2, -0.15) is 0 Å². The molecule has 0 radical (unpaired) electrons. The van der Waals surface area contributed by atoms with Crippen LogP contribution in [0.5, 0.6) is 0 Å². The number of benzene rings is 2. The van der Waals surface area contributed by atoms with Gasteiger partial charge in [0, 0.05) is 18.7 Å². The van der Waals surface area contributed by atoms with Crippen LogP contribution in [0.25, 0.3) is 0 Å². The van der Waals surface area contributed by atoms with Crippen molar-refractivity contribution in [1.82, 2.24) is 0 Å². The fourth-order valence-corrected chi connectivity index (χ4v) is 3.89. The Morgan fingerprint density at radius 1 is 1.00 bits per heavy atom. The van der Waals surface area contributed by atoms with Gasteiger partial charge in [0.05, 0.1) is 13.1 Å². The first-order valence-electron chi connectivity index (χ1n) is 9.04. The molecule has 0 saturated heterocycles. The number of fused-ring (bicyclic) bond motifs is 1. The molecule has 2 N–H and O–H groups in total. The third kappa shape index (κ3) is 3.31. The maximum absolute atomic E-state index is 13.5. The molecule has 134 valence electrons. The second-order valence-electron chi connectivity index (χ2n) is 6.44. The van der Waals surface area contributed by atoms with Gasteiger partial charge in [-0.25, -0.2) is 0 Å².